The molecule has 4 aromatic rings. The summed E-state index contributed by atoms with van der Waals surface area (Å²) in [6.07, 6.45) is 3.53. The maximum absolute atomic E-state index is 13.5. The van der Waals surface area contributed by atoms with Gasteiger partial charge in [0.15, 0.2) is 0 Å². The maximum atomic E-state index is 13.5. The van der Waals surface area contributed by atoms with Crippen molar-refractivity contribution in [2.75, 3.05) is 5.32 Å². The predicted octanol–water partition coefficient (Wildman–Crippen LogP) is 5.99. The first kappa shape index (κ1) is 21.1. The third-order valence-electron chi connectivity index (χ3n) is 5.19. The highest BCUT2D eigenvalue weighted by molar-refractivity contribution is 6.09. The fourth-order valence-corrected chi connectivity index (χ4v) is 3.84. The van der Waals surface area contributed by atoms with Crippen molar-refractivity contribution >= 4 is 28.6 Å². The number of nitrogens with zero attached hydrogens (tertiary/aromatic N) is 2. The highest BCUT2D eigenvalue weighted by Gasteiger charge is 2.11. The van der Waals surface area contributed by atoms with Gasteiger partial charge in [0.2, 0.25) is 0 Å². The van der Waals surface area contributed by atoms with Crippen molar-refractivity contribution < 1.29 is 9.18 Å². The van der Waals surface area contributed by atoms with Crippen LogP contribution in [0.1, 0.15) is 22.3 Å². The quantitative estimate of drug-likeness (QED) is 0.317. The molecule has 0 bridgehead atoms. The minimum Gasteiger partial charge on any atom is -0.343 e. The number of amides is 1. The number of hydrogen-bond donors (Lipinski definition) is 1. The molecule has 0 aliphatic heterocycles. The fraction of sp³-hybridized carbons (Fsp3) is 0.111. The summed E-state index contributed by atoms with van der Waals surface area (Å²) in [4.78, 5) is 12.6. The normalized spacial score (nSPS) is 11.4. The zero-order valence-electron chi connectivity index (χ0n) is 17.9. The Balaban J connectivity index is 1.57. The van der Waals surface area contributed by atoms with Crippen LogP contribution in [0.5, 0.6) is 0 Å². The van der Waals surface area contributed by atoms with Crippen molar-refractivity contribution in [1.29, 1.82) is 5.26 Å². The zero-order valence-corrected chi connectivity index (χ0v) is 17.9. The van der Waals surface area contributed by atoms with Crippen LogP contribution in [0, 0.1) is 31.0 Å². The number of anilines is 1. The number of nitriles is 1. The minimum atomic E-state index is -0.443. The second-order valence-electron chi connectivity index (χ2n) is 7.89. The van der Waals surface area contributed by atoms with Crippen LogP contribution in [0.3, 0.4) is 0 Å². The molecule has 32 heavy (non-hydrogen) atoms. The largest absolute Gasteiger partial charge is 0.343 e. The van der Waals surface area contributed by atoms with Crippen molar-refractivity contribution in [3.8, 4) is 6.07 Å². The number of aryl methyl sites for hydroxylation is 2. The Hall–Kier alpha value is -4.17. The molecule has 4 rings (SSSR count). The van der Waals surface area contributed by atoms with Gasteiger partial charge in [-0.25, -0.2) is 4.39 Å². The number of carbonyl (C=O) groups is 1. The Labute approximate surface area is 186 Å². The highest BCUT2D eigenvalue weighted by Crippen LogP contribution is 2.21. The molecule has 0 aliphatic carbocycles. The number of carbonyl (C=O) groups excluding carboxylic acids is 1. The van der Waals surface area contributed by atoms with Crippen LogP contribution >= 0.6 is 0 Å². The Morgan fingerprint density at radius 3 is 2.56 bits per heavy atom. The Morgan fingerprint density at radius 2 is 1.84 bits per heavy atom. The first-order valence-electron chi connectivity index (χ1n) is 10.3. The number of nitrogens with one attached hydrogen (secondary N) is 1. The number of benzene rings is 3. The van der Waals surface area contributed by atoms with Crippen LogP contribution in [-0.4, -0.2) is 10.5 Å². The third-order valence-corrected chi connectivity index (χ3v) is 5.19. The SMILES string of the molecule is Cc1cc(C)cc(NC(=O)/C(C#N)=C/c2ccc3c(ccn3Cc3cccc(F)c3)c2)c1. The lowest BCUT2D eigenvalue weighted by Gasteiger charge is -2.08. The van der Waals surface area contributed by atoms with Crippen molar-refractivity contribution in [1.82, 2.24) is 4.57 Å². The minimum absolute atomic E-state index is 0.0303. The molecule has 0 spiro atoms. The molecule has 0 unspecified atom stereocenters. The van der Waals surface area contributed by atoms with E-state index < -0.39 is 5.91 Å². The molecule has 1 amide bonds. The van der Waals surface area contributed by atoms with Gasteiger partial charge in [0, 0.05) is 29.3 Å². The van der Waals surface area contributed by atoms with E-state index in [2.05, 4.69) is 5.32 Å². The van der Waals surface area contributed by atoms with Gasteiger partial charge in [-0.05, 0) is 84.6 Å². The summed E-state index contributed by atoms with van der Waals surface area (Å²) >= 11 is 0. The second-order valence-corrected chi connectivity index (χ2v) is 7.89. The summed E-state index contributed by atoms with van der Waals surface area (Å²) in [5.74, 6) is -0.698. The lowest BCUT2D eigenvalue weighted by atomic mass is 10.1. The van der Waals surface area contributed by atoms with E-state index in [1.807, 2.05) is 79.2 Å². The monoisotopic (exact) mass is 423 g/mol. The number of rotatable bonds is 5. The topological polar surface area (TPSA) is 57.8 Å². The first-order valence-corrected chi connectivity index (χ1v) is 10.3. The van der Waals surface area contributed by atoms with Crippen molar-refractivity contribution in [2.45, 2.75) is 20.4 Å². The van der Waals surface area contributed by atoms with Gasteiger partial charge in [-0.2, -0.15) is 5.26 Å². The molecule has 4 nitrogen and oxygen atoms in total. The molecular formula is C27H22FN3O. The standard InChI is InChI=1S/C27H22FN3O/c1-18-10-19(2)12-25(11-18)30-27(32)23(16-29)14-20-6-7-26-22(13-20)8-9-31(26)17-21-4-3-5-24(28)15-21/h3-15H,17H2,1-2H3,(H,30,32)/b23-14+. The average Bonchev–Trinajstić information content (AvgIpc) is 3.13. The van der Waals surface area contributed by atoms with Gasteiger partial charge in [-0.15, -0.1) is 0 Å². The summed E-state index contributed by atoms with van der Waals surface area (Å²) < 4.78 is 15.5. The van der Waals surface area contributed by atoms with Crippen LogP contribution in [0.2, 0.25) is 0 Å². The van der Waals surface area contributed by atoms with Gasteiger partial charge in [0.1, 0.15) is 17.5 Å². The summed E-state index contributed by atoms with van der Waals surface area (Å²) in [7, 11) is 0. The van der Waals surface area contributed by atoms with Crippen LogP contribution in [-0.2, 0) is 11.3 Å². The number of fused-ring (bicyclic) bond motifs is 1. The molecule has 5 heteroatoms. The molecule has 0 fully saturated rings. The Morgan fingerprint density at radius 1 is 1.06 bits per heavy atom. The van der Waals surface area contributed by atoms with E-state index in [-0.39, 0.29) is 11.4 Å². The van der Waals surface area contributed by atoms with Gasteiger partial charge in [0.05, 0.1) is 0 Å². The Kier molecular flexibility index (Phi) is 5.87. The van der Waals surface area contributed by atoms with Crippen LogP contribution in [0.4, 0.5) is 10.1 Å². The van der Waals surface area contributed by atoms with Crippen LogP contribution in [0.25, 0.3) is 17.0 Å². The molecule has 3 aromatic carbocycles. The molecule has 1 heterocycles. The molecule has 1 aromatic heterocycles. The van der Waals surface area contributed by atoms with Crippen molar-refractivity contribution in [2.24, 2.45) is 0 Å². The lowest BCUT2D eigenvalue weighted by molar-refractivity contribution is -0.112. The first-order chi connectivity index (χ1) is 15.4. The van der Waals surface area contributed by atoms with E-state index in [0.29, 0.717) is 12.2 Å². The van der Waals surface area contributed by atoms with Gasteiger partial charge in [0.25, 0.3) is 5.91 Å². The number of hydrogen-bond acceptors (Lipinski definition) is 2. The van der Waals surface area contributed by atoms with E-state index in [9.17, 15) is 14.4 Å². The van der Waals surface area contributed by atoms with E-state index >= 15 is 0 Å². The molecule has 0 saturated carbocycles. The second kappa shape index (κ2) is 8.91. The van der Waals surface area contributed by atoms with Gasteiger partial charge >= 0.3 is 0 Å². The maximum Gasteiger partial charge on any atom is 0.266 e. The molecule has 0 radical (unpaired) electrons. The lowest BCUT2D eigenvalue weighted by Crippen LogP contribution is -2.13. The summed E-state index contributed by atoms with van der Waals surface area (Å²) in [5, 5.41) is 13.3. The van der Waals surface area contributed by atoms with Crippen molar-refractivity contribution in [3.05, 3.63) is 107 Å². The molecule has 1 N–H and O–H groups in total. The number of halogens is 1. The van der Waals surface area contributed by atoms with E-state index in [1.54, 1.807) is 12.1 Å². The van der Waals surface area contributed by atoms with E-state index in [1.165, 1.54) is 12.1 Å². The molecule has 0 atom stereocenters. The smallest absolute Gasteiger partial charge is 0.266 e. The highest BCUT2D eigenvalue weighted by atomic mass is 19.1. The summed E-state index contributed by atoms with van der Waals surface area (Å²) in [5.41, 5.74) is 5.40. The zero-order chi connectivity index (χ0) is 22.7. The molecule has 158 valence electrons. The van der Waals surface area contributed by atoms with Gasteiger partial charge in [-0.3, -0.25) is 4.79 Å². The van der Waals surface area contributed by atoms with Crippen LogP contribution in [0.15, 0.2) is 78.5 Å². The predicted molar refractivity (Wildman–Crippen MR) is 126 cm³/mol. The fourth-order valence-electron chi connectivity index (χ4n) is 3.84. The average molecular weight is 423 g/mol. The molecule has 0 saturated heterocycles. The van der Waals surface area contributed by atoms with E-state index in [0.717, 1.165) is 33.2 Å². The number of aromatic nitrogens is 1. The third kappa shape index (κ3) is 4.76. The van der Waals surface area contributed by atoms with E-state index in [4.69, 9.17) is 0 Å². The Bertz CT molecular complexity index is 1370. The van der Waals surface area contributed by atoms with Gasteiger partial charge in [-0.1, -0.05) is 24.3 Å². The molecule has 0 aliphatic rings. The summed E-state index contributed by atoms with van der Waals surface area (Å²) in [6, 6.07) is 22.0. The summed E-state index contributed by atoms with van der Waals surface area (Å²) in [6.45, 7) is 4.47. The van der Waals surface area contributed by atoms with Crippen molar-refractivity contribution in [3.63, 3.8) is 0 Å². The molecular weight excluding hydrogens is 401 g/mol. The van der Waals surface area contributed by atoms with Crippen LogP contribution < -0.4 is 5.32 Å². The van der Waals surface area contributed by atoms with Gasteiger partial charge < -0.3 is 9.88 Å².